The maximum Gasteiger partial charge on any atom is 0.191 e. The summed E-state index contributed by atoms with van der Waals surface area (Å²) in [6.07, 6.45) is 7.50. The number of nitrogens with zero attached hydrogens (tertiary/aromatic N) is 1. The lowest BCUT2D eigenvalue weighted by Crippen LogP contribution is -2.48. The Balaban J connectivity index is 1.50. The number of rotatable bonds is 8. The van der Waals surface area contributed by atoms with Gasteiger partial charge in [-0.25, -0.2) is 0 Å². The molecule has 2 atom stereocenters. The van der Waals surface area contributed by atoms with Crippen LogP contribution in [0.1, 0.15) is 50.2 Å². The monoisotopic (exact) mass is 373 g/mol. The first kappa shape index (κ1) is 20.2. The maximum atomic E-state index is 6.11. The van der Waals surface area contributed by atoms with Gasteiger partial charge in [0.1, 0.15) is 0 Å². The van der Waals surface area contributed by atoms with Gasteiger partial charge in [0, 0.05) is 46.4 Å². The SMILES string of the molecule is CN=C(NCC1CCCOC1c1ccccc1)NCC1(CCOC)CCC1. The summed E-state index contributed by atoms with van der Waals surface area (Å²) in [5.41, 5.74) is 1.66. The van der Waals surface area contributed by atoms with Gasteiger partial charge in [-0.1, -0.05) is 36.8 Å². The first-order valence-electron chi connectivity index (χ1n) is 10.4. The number of nitrogens with one attached hydrogen (secondary N) is 2. The fourth-order valence-electron chi connectivity index (χ4n) is 4.29. The van der Waals surface area contributed by atoms with E-state index in [0.717, 1.165) is 45.1 Å². The van der Waals surface area contributed by atoms with Gasteiger partial charge < -0.3 is 20.1 Å². The van der Waals surface area contributed by atoms with Gasteiger partial charge in [-0.05, 0) is 43.1 Å². The third-order valence-electron chi connectivity index (χ3n) is 6.21. The molecule has 0 spiro atoms. The first-order valence-corrected chi connectivity index (χ1v) is 10.4. The number of aliphatic imine (C=N–C) groups is 1. The van der Waals surface area contributed by atoms with Crippen molar-refractivity contribution in [2.24, 2.45) is 16.3 Å². The zero-order chi connectivity index (χ0) is 19.0. The Hall–Kier alpha value is -1.59. The highest BCUT2D eigenvalue weighted by Gasteiger charge is 2.36. The second-order valence-corrected chi connectivity index (χ2v) is 8.01. The second-order valence-electron chi connectivity index (χ2n) is 8.01. The van der Waals surface area contributed by atoms with Crippen LogP contribution in [0.2, 0.25) is 0 Å². The van der Waals surface area contributed by atoms with Crippen molar-refractivity contribution in [3.63, 3.8) is 0 Å². The molecule has 1 aliphatic heterocycles. The summed E-state index contributed by atoms with van der Waals surface area (Å²) in [6.45, 7) is 3.54. The van der Waals surface area contributed by atoms with Crippen molar-refractivity contribution in [3.8, 4) is 0 Å². The molecule has 5 nitrogen and oxygen atoms in total. The molecule has 0 amide bonds. The Morgan fingerprint density at radius 3 is 2.70 bits per heavy atom. The molecule has 5 heteroatoms. The molecule has 2 aliphatic rings. The van der Waals surface area contributed by atoms with Crippen LogP contribution in [0.3, 0.4) is 0 Å². The number of benzene rings is 1. The molecule has 0 bridgehead atoms. The van der Waals surface area contributed by atoms with Crippen molar-refractivity contribution in [3.05, 3.63) is 35.9 Å². The molecule has 150 valence electrons. The Morgan fingerprint density at radius 1 is 1.22 bits per heavy atom. The lowest BCUT2D eigenvalue weighted by atomic mass is 9.67. The molecule has 1 heterocycles. The molecular formula is C22H35N3O2. The van der Waals surface area contributed by atoms with Crippen molar-refractivity contribution in [2.45, 2.75) is 44.6 Å². The van der Waals surface area contributed by atoms with E-state index in [-0.39, 0.29) is 6.10 Å². The summed E-state index contributed by atoms with van der Waals surface area (Å²) < 4.78 is 11.4. The van der Waals surface area contributed by atoms with E-state index >= 15 is 0 Å². The Labute approximate surface area is 163 Å². The van der Waals surface area contributed by atoms with Crippen LogP contribution in [0.4, 0.5) is 0 Å². The summed E-state index contributed by atoms with van der Waals surface area (Å²) in [5, 5.41) is 7.10. The van der Waals surface area contributed by atoms with Crippen LogP contribution >= 0.6 is 0 Å². The molecule has 3 rings (SSSR count). The van der Waals surface area contributed by atoms with Crippen LogP contribution in [-0.2, 0) is 9.47 Å². The first-order chi connectivity index (χ1) is 13.3. The third-order valence-corrected chi connectivity index (χ3v) is 6.21. The van der Waals surface area contributed by atoms with Gasteiger partial charge in [-0.15, -0.1) is 0 Å². The van der Waals surface area contributed by atoms with Gasteiger partial charge in [-0.3, -0.25) is 4.99 Å². The smallest absolute Gasteiger partial charge is 0.191 e. The average Bonchev–Trinajstić information content (AvgIpc) is 2.70. The van der Waals surface area contributed by atoms with Crippen LogP contribution < -0.4 is 10.6 Å². The van der Waals surface area contributed by atoms with Gasteiger partial charge in [0.25, 0.3) is 0 Å². The zero-order valence-corrected chi connectivity index (χ0v) is 16.9. The highest BCUT2D eigenvalue weighted by molar-refractivity contribution is 5.79. The van der Waals surface area contributed by atoms with Crippen LogP contribution in [0.15, 0.2) is 35.3 Å². The predicted octanol–water partition coefficient (Wildman–Crippen LogP) is 3.53. The number of hydrogen-bond donors (Lipinski definition) is 2. The number of methoxy groups -OCH3 is 1. The third kappa shape index (κ3) is 5.45. The van der Waals surface area contributed by atoms with Crippen molar-refractivity contribution in [2.75, 3.05) is 40.5 Å². The molecule has 0 aromatic heterocycles. The normalized spacial score (nSPS) is 24.9. The van der Waals surface area contributed by atoms with Crippen LogP contribution in [-0.4, -0.2) is 46.4 Å². The minimum absolute atomic E-state index is 0.172. The van der Waals surface area contributed by atoms with E-state index in [2.05, 4.69) is 46.0 Å². The minimum atomic E-state index is 0.172. The Bertz CT molecular complexity index is 586. The summed E-state index contributed by atoms with van der Waals surface area (Å²) in [5.74, 6) is 1.36. The summed E-state index contributed by atoms with van der Waals surface area (Å²) in [4.78, 5) is 4.43. The molecule has 1 aliphatic carbocycles. The fourth-order valence-corrected chi connectivity index (χ4v) is 4.29. The lowest BCUT2D eigenvalue weighted by Gasteiger charge is -2.42. The Kier molecular flexibility index (Phi) is 7.53. The topological polar surface area (TPSA) is 54.9 Å². The van der Waals surface area contributed by atoms with Crippen molar-refractivity contribution < 1.29 is 9.47 Å². The van der Waals surface area contributed by atoms with Crippen LogP contribution in [0, 0.1) is 11.3 Å². The lowest BCUT2D eigenvalue weighted by molar-refractivity contribution is -0.0265. The summed E-state index contributed by atoms with van der Waals surface area (Å²) in [7, 11) is 3.64. The standard InChI is InChI=1S/C22H35N3O2/c1-23-21(25-17-22(11-7-12-22)13-15-26-2)24-16-19-10-6-14-27-20(19)18-8-4-3-5-9-18/h3-5,8-9,19-20H,6-7,10-17H2,1-2H3,(H2,23,24,25). The summed E-state index contributed by atoms with van der Waals surface area (Å²) in [6, 6.07) is 10.6. The average molecular weight is 374 g/mol. The van der Waals surface area contributed by atoms with Crippen molar-refractivity contribution in [1.82, 2.24) is 10.6 Å². The van der Waals surface area contributed by atoms with Gasteiger partial charge in [0.05, 0.1) is 6.10 Å². The van der Waals surface area contributed by atoms with Gasteiger partial charge in [-0.2, -0.15) is 0 Å². The molecular weight excluding hydrogens is 338 g/mol. The molecule has 1 saturated carbocycles. The molecule has 1 aromatic carbocycles. The second kappa shape index (κ2) is 10.1. The van der Waals surface area contributed by atoms with E-state index in [1.54, 1.807) is 7.11 Å². The molecule has 2 unspecified atom stereocenters. The molecule has 27 heavy (non-hydrogen) atoms. The largest absolute Gasteiger partial charge is 0.385 e. The quantitative estimate of drug-likeness (QED) is 0.541. The van der Waals surface area contributed by atoms with E-state index < -0.39 is 0 Å². The fraction of sp³-hybridized carbons (Fsp3) is 0.682. The highest BCUT2D eigenvalue weighted by Crippen LogP contribution is 2.43. The molecule has 1 aromatic rings. The number of hydrogen-bond acceptors (Lipinski definition) is 3. The van der Waals surface area contributed by atoms with Crippen molar-refractivity contribution in [1.29, 1.82) is 0 Å². The van der Waals surface area contributed by atoms with E-state index in [9.17, 15) is 0 Å². The van der Waals surface area contributed by atoms with Crippen LogP contribution in [0.25, 0.3) is 0 Å². The van der Waals surface area contributed by atoms with E-state index in [1.807, 2.05) is 7.05 Å². The number of ether oxygens (including phenoxy) is 2. The molecule has 2 fully saturated rings. The zero-order valence-electron chi connectivity index (χ0n) is 16.9. The number of guanidine groups is 1. The minimum Gasteiger partial charge on any atom is -0.385 e. The summed E-state index contributed by atoms with van der Waals surface area (Å²) >= 11 is 0. The van der Waals surface area contributed by atoms with Crippen molar-refractivity contribution >= 4 is 5.96 Å². The Morgan fingerprint density at radius 2 is 2.04 bits per heavy atom. The van der Waals surface area contributed by atoms with Gasteiger partial charge in [0.2, 0.25) is 0 Å². The molecule has 0 radical (unpaired) electrons. The van der Waals surface area contributed by atoms with E-state index in [4.69, 9.17) is 9.47 Å². The van der Waals surface area contributed by atoms with E-state index in [0.29, 0.717) is 11.3 Å². The predicted molar refractivity (Wildman–Crippen MR) is 110 cm³/mol. The molecule has 2 N–H and O–H groups in total. The molecule has 1 saturated heterocycles. The van der Waals surface area contributed by atoms with Gasteiger partial charge >= 0.3 is 0 Å². The van der Waals surface area contributed by atoms with Gasteiger partial charge in [0.15, 0.2) is 5.96 Å². The maximum absolute atomic E-state index is 6.11. The van der Waals surface area contributed by atoms with Crippen LogP contribution in [0.5, 0.6) is 0 Å². The van der Waals surface area contributed by atoms with E-state index in [1.165, 1.54) is 31.2 Å². The highest BCUT2D eigenvalue weighted by atomic mass is 16.5.